The largest absolute Gasteiger partial charge is 0.479 e. The molecule has 0 aliphatic rings. The van der Waals surface area contributed by atoms with Crippen molar-refractivity contribution in [2.24, 2.45) is 0 Å². The first-order valence-corrected chi connectivity index (χ1v) is 3.85. The molecule has 14 heavy (non-hydrogen) atoms. The lowest BCUT2D eigenvalue weighted by atomic mass is 10.4. The molecular weight excluding hydrogens is 188 g/mol. The van der Waals surface area contributed by atoms with Gasteiger partial charge in [0.2, 0.25) is 0 Å². The van der Waals surface area contributed by atoms with Crippen LogP contribution in [-0.2, 0) is 9.59 Å². The zero-order valence-corrected chi connectivity index (χ0v) is 8.04. The first-order chi connectivity index (χ1) is 6.41. The molecule has 80 valence electrons. The lowest BCUT2D eigenvalue weighted by Gasteiger charge is -1.89. The van der Waals surface area contributed by atoms with E-state index < -0.39 is 18.0 Å². The van der Waals surface area contributed by atoms with Crippen LogP contribution in [-0.4, -0.2) is 33.4 Å². The Morgan fingerprint density at radius 1 is 1.21 bits per heavy atom. The number of rotatable bonds is 3. The van der Waals surface area contributed by atoms with Gasteiger partial charge in [-0.05, 0) is 13.8 Å². The van der Waals surface area contributed by atoms with Crippen molar-refractivity contribution in [3.63, 3.8) is 0 Å². The summed E-state index contributed by atoms with van der Waals surface area (Å²) in [5.74, 6) is -2.10. The maximum atomic E-state index is 9.75. The highest BCUT2D eigenvalue weighted by Gasteiger charge is 2.01. The topological polar surface area (TPSA) is 94.8 Å². The lowest BCUT2D eigenvalue weighted by molar-refractivity contribution is -0.145. The van der Waals surface area contributed by atoms with Crippen molar-refractivity contribution in [3.8, 4) is 0 Å². The zero-order chi connectivity index (χ0) is 11.6. The third-order valence-corrected chi connectivity index (χ3v) is 0.900. The van der Waals surface area contributed by atoms with Gasteiger partial charge in [0.15, 0.2) is 0 Å². The molecule has 0 fully saturated rings. The Balaban J connectivity index is 0. The number of carboxylic acid groups (broad SMARTS) is 2. The van der Waals surface area contributed by atoms with Gasteiger partial charge in [-0.25, -0.2) is 9.59 Å². The van der Waals surface area contributed by atoms with E-state index in [0.717, 1.165) is 6.08 Å². The summed E-state index contributed by atoms with van der Waals surface area (Å²) in [6.07, 6.45) is 4.75. The quantitative estimate of drug-likeness (QED) is 0.461. The smallest absolute Gasteiger partial charge is 0.332 e. The van der Waals surface area contributed by atoms with E-state index in [4.69, 9.17) is 15.3 Å². The number of carboxylic acids is 2. The Labute approximate surface area is 82.0 Å². The van der Waals surface area contributed by atoms with Crippen LogP contribution in [0.3, 0.4) is 0 Å². The number of aliphatic hydroxyl groups is 1. The second-order valence-corrected chi connectivity index (χ2v) is 2.24. The first-order valence-electron chi connectivity index (χ1n) is 3.85. The fourth-order valence-corrected chi connectivity index (χ4v) is 0.249. The molecular formula is C9H14O5. The molecule has 1 atom stereocenters. The fraction of sp³-hybridized carbons (Fsp3) is 0.333. The molecule has 0 rings (SSSR count). The molecule has 0 saturated heterocycles. The van der Waals surface area contributed by atoms with Crippen LogP contribution in [0, 0.1) is 0 Å². The second kappa shape index (κ2) is 9.47. The van der Waals surface area contributed by atoms with E-state index in [2.05, 4.69) is 0 Å². The number of hydrogen-bond donors (Lipinski definition) is 3. The molecule has 0 amide bonds. The number of allylic oxidation sites excluding steroid dienone is 3. The minimum atomic E-state index is -1.23. The zero-order valence-electron chi connectivity index (χ0n) is 8.04. The average molecular weight is 202 g/mol. The first kappa shape index (κ1) is 14.9. The second-order valence-electron chi connectivity index (χ2n) is 2.24. The van der Waals surface area contributed by atoms with Crippen molar-refractivity contribution in [1.29, 1.82) is 0 Å². The predicted molar refractivity (Wildman–Crippen MR) is 50.9 cm³/mol. The van der Waals surface area contributed by atoms with Gasteiger partial charge in [-0.1, -0.05) is 18.2 Å². The van der Waals surface area contributed by atoms with Crippen LogP contribution in [0.4, 0.5) is 0 Å². The van der Waals surface area contributed by atoms with Crippen LogP contribution in [0.15, 0.2) is 24.3 Å². The Morgan fingerprint density at radius 3 is 1.86 bits per heavy atom. The maximum Gasteiger partial charge on any atom is 0.332 e. The van der Waals surface area contributed by atoms with E-state index in [1.165, 1.54) is 13.0 Å². The van der Waals surface area contributed by atoms with E-state index >= 15 is 0 Å². The monoisotopic (exact) mass is 202 g/mol. The summed E-state index contributed by atoms with van der Waals surface area (Å²) in [4.78, 5) is 19.2. The Bertz CT molecular complexity index is 227. The van der Waals surface area contributed by atoms with Crippen molar-refractivity contribution in [1.82, 2.24) is 0 Å². The van der Waals surface area contributed by atoms with Gasteiger partial charge in [-0.3, -0.25) is 0 Å². The SMILES string of the molecule is C/C=C/C=C/C(=O)O.CC(O)C(=O)O. The summed E-state index contributed by atoms with van der Waals surface area (Å²) in [6.45, 7) is 3.02. The number of aliphatic hydroxyl groups excluding tert-OH is 1. The van der Waals surface area contributed by atoms with Crippen molar-refractivity contribution in [3.05, 3.63) is 24.3 Å². The Kier molecular flexibility index (Phi) is 10.1. The molecule has 0 heterocycles. The molecule has 0 aromatic heterocycles. The molecule has 0 spiro atoms. The van der Waals surface area contributed by atoms with E-state index in [1.54, 1.807) is 12.2 Å². The van der Waals surface area contributed by atoms with Crippen LogP contribution in [0.1, 0.15) is 13.8 Å². The summed E-state index contributed by atoms with van der Waals surface area (Å²) >= 11 is 0. The molecule has 0 aromatic rings. The third kappa shape index (κ3) is 16.8. The molecule has 3 N–H and O–H groups in total. The van der Waals surface area contributed by atoms with Crippen LogP contribution >= 0.6 is 0 Å². The highest BCUT2D eigenvalue weighted by molar-refractivity contribution is 5.80. The summed E-state index contributed by atoms with van der Waals surface area (Å²) in [6, 6.07) is 0. The Morgan fingerprint density at radius 2 is 1.64 bits per heavy atom. The van der Waals surface area contributed by atoms with Gasteiger partial charge in [0, 0.05) is 6.08 Å². The minimum absolute atomic E-state index is 0.914. The molecule has 0 aliphatic carbocycles. The van der Waals surface area contributed by atoms with Gasteiger partial charge in [-0.15, -0.1) is 0 Å². The van der Waals surface area contributed by atoms with Crippen molar-refractivity contribution >= 4 is 11.9 Å². The van der Waals surface area contributed by atoms with E-state index in [1.807, 2.05) is 6.92 Å². The van der Waals surface area contributed by atoms with Gasteiger partial charge in [0.1, 0.15) is 6.10 Å². The van der Waals surface area contributed by atoms with Gasteiger partial charge >= 0.3 is 11.9 Å². The van der Waals surface area contributed by atoms with E-state index in [-0.39, 0.29) is 0 Å². The van der Waals surface area contributed by atoms with Gasteiger partial charge in [0.05, 0.1) is 0 Å². The molecule has 0 radical (unpaired) electrons. The fourth-order valence-electron chi connectivity index (χ4n) is 0.249. The highest BCUT2D eigenvalue weighted by Crippen LogP contribution is 1.74. The third-order valence-electron chi connectivity index (χ3n) is 0.900. The minimum Gasteiger partial charge on any atom is -0.479 e. The van der Waals surface area contributed by atoms with E-state index in [0.29, 0.717) is 0 Å². The summed E-state index contributed by atoms with van der Waals surface area (Å²) in [7, 11) is 0. The predicted octanol–water partition coefficient (Wildman–Crippen LogP) is 0.655. The van der Waals surface area contributed by atoms with Crippen molar-refractivity contribution in [2.45, 2.75) is 20.0 Å². The van der Waals surface area contributed by atoms with Crippen molar-refractivity contribution in [2.75, 3.05) is 0 Å². The highest BCUT2D eigenvalue weighted by atomic mass is 16.4. The van der Waals surface area contributed by atoms with E-state index in [9.17, 15) is 9.59 Å². The molecule has 0 saturated carbocycles. The molecule has 1 unspecified atom stereocenters. The molecule has 5 nitrogen and oxygen atoms in total. The van der Waals surface area contributed by atoms with Crippen LogP contribution in [0.2, 0.25) is 0 Å². The lowest BCUT2D eigenvalue weighted by Crippen LogP contribution is -2.13. The van der Waals surface area contributed by atoms with Crippen molar-refractivity contribution < 1.29 is 24.9 Å². The standard InChI is InChI=1S/C6H8O2.C3H6O3/c1-2-3-4-5-6(7)8;1-2(4)3(5)6/h2-5H,1H3,(H,7,8);2,4H,1H3,(H,5,6)/b3-2+,5-4+;. The average Bonchev–Trinajstić information content (AvgIpc) is 2.05. The molecule has 5 heteroatoms. The van der Waals surface area contributed by atoms with Crippen LogP contribution in [0.5, 0.6) is 0 Å². The summed E-state index contributed by atoms with van der Waals surface area (Å²) < 4.78 is 0. The summed E-state index contributed by atoms with van der Waals surface area (Å²) in [5.41, 5.74) is 0. The van der Waals surface area contributed by atoms with Gasteiger partial charge in [0.25, 0.3) is 0 Å². The number of aliphatic carboxylic acids is 2. The molecule has 0 aliphatic heterocycles. The maximum absolute atomic E-state index is 9.75. The van der Waals surface area contributed by atoms with Gasteiger partial charge in [-0.2, -0.15) is 0 Å². The van der Waals surface area contributed by atoms with Gasteiger partial charge < -0.3 is 15.3 Å². The normalized spacial score (nSPS) is 12.2. The number of carbonyl (C=O) groups is 2. The van der Waals surface area contributed by atoms with Crippen LogP contribution < -0.4 is 0 Å². The van der Waals surface area contributed by atoms with Crippen LogP contribution in [0.25, 0.3) is 0 Å². The molecule has 0 aromatic carbocycles. The summed E-state index contributed by atoms with van der Waals surface area (Å²) in [5, 5.41) is 23.8. The Hall–Kier alpha value is -1.62. The number of hydrogen-bond acceptors (Lipinski definition) is 3. The molecule has 0 bridgehead atoms.